The molecule has 0 heterocycles. The van der Waals surface area contributed by atoms with Crippen LogP contribution in [0.3, 0.4) is 0 Å². The highest BCUT2D eigenvalue weighted by molar-refractivity contribution is 5.66. The molecule has 2 rings (SSSR count). The van der Waals surface area contributed by atoms with Gasteiger partial charge in [0.15, 0.2) is 0 Å². The zero-order chi connectivity index (χ0) is 23.7. The van der Waals surface area contributed by atoms with Gasteiger partial charge in [0, 0.05) is 25.0 Å². The van der Waals surface area contributed by atoms with Gasteiger partial charge in [-0.3, -0.25) is 9.59 Å². The van der Waals surface area contributed by atoms with Crippen LogP contribution < -0.4 is 18.9 Å². The number of ether oxygens (including phenoxy) is 6. The molecule has 8 heteroatoms. The number of esters is 2. The van der Waals surface area contributed by atoms with E-state index < -0.39 is 0 Å². The summed E-state index contributed by atoms with van der Waals surface area (Å²) in [6.07, 6.45) is 1.17. The SMILES string of the molecule is COc1cc(CCc2cc(OC)cc(COC(C)=O)c2OC)c(OC)c(COC(C)=O)c1. The molecule has 32 heavy (non-hydrogen) atoms. The van der Waals surface area contributed by atoms with Gasteiger partial charge in [-0.15, -0.1) is 0 Å². The summed E-state index contributed by atoms with van der Waals surface area (Å²) in [4.78, 5) is 22.5. The average molecular weight is 446 g/mol. The minimum Gasteiger partial charge on any atom is -0.497 e. The van der Waals surface area contributed by atoms with E-state index in [1.54, 1.807) is 40.6 Å². The van der Waals surface area contributed by atoms with Crippen LogP contribution in [-0.2, 0) is 45.1 Å². The standard InChI is InChI=1S/C24H30O8/c1-15(25)31-13-19-11-21(27-3)9-17(23(19)29-5)7-8-18-10-22(28-4)12-20(24(18)30-6)14-32-16(2)26/h9-12H,7-8,13-14H2,1-6H3. The fourth-order valence-corrected chi connectivity index (χ4v) is 3.42. The highest BCUT2D eigenvalue weighted by Crippen LogP contribution is 2.34. The van der Waals surface area contributed by atoms with E-state index in [-0.39, 0.29) is 25.2 Å². The van der Waals surface area contributed by atoms with E-state index in [9.17, 15) is 9.59 Å². The fraction of sp³-hybridized carbons (Fsp3) is 0.417. The van der Waals surface area contributed by atoms with Gasteiger partial charge in [0.1, 0.15) is 36.2 Å². The lowest BCUT2D eigenvalue weighted by Crippen LogP contribution is -2.06. The lowest BCUT2D eigenvalue weighted by molar-refractivity contribution is -0.143. The number of hydrogen-bond donors (Lipinski definition) is 0. The van der Waals surface area contributed by atoms with Crippen LogP contribution in [0.4, 0.5) is 0 Å². The van der Waals surface area contributed by atoms with E-state index in [0.717, 1.165) is 11.1 Å². The molecule has 0 saturated heterocycles. The Balaban J connectivity index is 2.39. The number of methoxy groups -OCH3 is 4. The maximum Gasteiger partial charge on any atom is 0.302 e. The van der Waals surface area contributed by atoms with Crippen molar-refractivity contribution in [3.8, 4) is 23.0 Å². The molecule has 0 fully saturated rings. The van der Waals surface area contributed by atoms with E-state index in [0.29, 0.717) is 47.0 Å². The topological polar surface area (TPSA) is 89.5 Å². The normalized spacial score (nSPS) is 10.3. The van der Waals surface area contributed by atoms with Crippen molar-refractivity contribution < 1.29 is 38.0 Å². The Morgan fingerprint density at radius 2 is 0.938 bits per heavy atom. The molecular formula is C24H30O8. The van der Waals surface area contributed by atoms with Crippen molar-refractivity contribution in [1.82, 2.24) is 0 Å². The largest absolute Gasteiger partial charge is 0.497 e. The molecule has 2 aromatic rings. The Kier molecular flexibility index (Phi) is 9.19. The highest BCUT2D eigenvalue weighted by atomic mass is 16.5. The molecule has 0 unspecified atom stereocenters. The Bertz CT molecular complexity index is 874. The van der Waals surface area contributed by atoms with Crippen LogP contribution in [-0.4, -0.2) is 40.4 Å². The van der Waals surface area contributed by atoms with Gasteiger partial charge in [-0.05, 0) is 48.2 Å². The summed E-state index contributed by atoms with van der Waals surface area (Å²) < 4.78 is 32.4. The number of carbonyl (C=O) groups is 2. The molecule has 174 valence electrons. The maximum atomic E-state index is 11.3. The molecule has 8 nitrogen and oxygen atoms in total. The summed E-state index contributed by atoms with van der Waals surface area (Å²) in [5.41, 5.74) is 3.20. The number of aryl methyl sites for hydroxylation is 2. The first-order chi connectivity index (χ1) is 15.3. The quantitative estimate of drug-likeness (QED) is 0.484. The number of rotatable bonds is 11. The van der Waals surface area contributed by atoms with E-state index >= 15 is 0 Å². The Labute approximate surface area is 188 Å². The summed E-state index contributed by atoms with van der Waals surface area (Å²) in [6.45, 7) is 2.88. The number of carbonyl (C=O) groups excluding carboxylic acids is 2. The molecule has 0 bridgehead atoms. The second kappa shape index (κ2) is 11.8. The lowest BCUT2D eigenvalue weighted by atomic mass is 9.98. The van der Waals surface area contributed by atoms with E-state index in [1.165, 1.54) is 13.8 Å². The zero-order valence-electron chi connectivity index (χ0n) is 19.4. The van der Waals surface area contributed by atoms with E-state index in [1.807, 2.05) is 12.1 Å². The second-order valence-electron chi connectivity index (χ2n) is 7.02. The van der Waals surface area contributed by atoms with Gasteiger partial charge in [0.2, 0.25) is 0 Å². The monoisotopic (exact) mass is 446 g/mol. The van der Waals surface area contributed by atoms with E-state index in [4.69, 9.17) is 28.4 Å². The van der Waals surface area contributed by atoms with Crippen LogP contribution in [0.15, 0.2) is 24.3 Å². The third kappa shape index (κ3) is 6.54. The van der Waals surface area contributed by atoms with Gasteiger partial charge in [0.25, 0.3) is 0 Å². The predicted octanol–water partition coefficient (Wildman–Crippen LogP) is 3.63. The minimum atomic E-state index is -0.377. The number of hydrogen-bond acceptors (Lipinski definition) is 8. The first kappa shape index (κ1) is 24.8. The summed E-state index contributed by atoms with van der Waals surface area (Å²) in [5.74, 6) is 1.78. The van der Waals surface area contributed by atoms with E-state index in [2.05, 4.69) is 0 Å². The van der Waals surface area contributed by atoms with Crippen molar-refractivity contribution in [1.29, 1.82) is 0 Å². The van der Waals surface area contributed by atoms with Crippen molar-refractivity contribution in [3.05, 3.63) is 46.5 Å². The predicted molar refractivity (Wildman–Crippen MR) is 117 cm³/mol. The van der Waals surface area contributed by atoms with Crippen molar-refractivity contribution in [2.75, 3.05) is 28.4 Å². The summed E-state index contributed by atoms with van der Waals surface area (Å²) in [5, 5.41) is 0. The van der Waals surface area contributed by atoms with Gasteiger partial charge in [-0.1, -0.05) is 0 Å². The van der Waals surface area contributed by atoms with Crippen LogP contribution in [0, 0.1) is 0 Å². The van der Waals surface area contributed by atoms with Crippen molar-refractivity contribution >= 4 is 11.9 Å². The number of benzene rings is 2. The van der Waals surface area contributed by atoms with Crippen LogP contribution in [0.25, 0.3) is 0 Å². The Morgan fingerprint density at radius 1 is 0.594 bits per heavy atom. The third-order valence-electron chi connectivity index (χ3n) is 4.84. The smallest absolute Gasteiger partial charge is 0.302 e. The molecule has 0 N–H and O–H groups in total. The van der Waals surface area contributed by atoms with Crippen LogP contribution in [0.5, 0.6) is 23.0 Å². The van der Waals surface area contributed by atoms with Gasteiger partial charge in [0.05, 0.1) is 28.4 Å². The first-order valence-corrected chi connectivity index (χ1v) is 10.1. The molecule has 0 radical (unpaired) electrons. The van der Waals surface area contributed by atoms with Crippen molar-refractivity contribution in [2.24, 2.45) is 0 Å². The van der Waals surface area contributed by atoms with Gasteiger partial charge in [-0.2, -0.15) is 0 Å². The molecule has 0 amide bonds. The molecule has 0 spiro atoms. The van der Waals surface area contributed by atoms with Crippen molar-refractivity contribution in [2.45, 2.75) is 39.9 Å². The maximum absolute atomic E-state index is 11.3. The van der Waals surface area contributed by atoms with Crippen LogP contribution in [0.1, 0.15) is 36.1 Å². The van der Waals surface area contributed by atoms with Crippen LogP contribution in [0.2, 0.25) is 0 Å². The molecular weight excluding hydrogens is 416 g/mol. The first-order valence-electron chi connectivity index (χ1n) is 10.1. The highest BCUT2D eigenvalue weighted by Gasteiger charge is 2.17. The summed E-state index contributed by atoms with van der Waals surface area (Å²) >= 11 is 0. The van der Waals surface area contributed by atoms with Gasteiger partial charge < -0.3 is 28.4 Å². The average Bonchev–Trinajstić information content (AvgIpc) is 2.78. The Morgan fingerprint density at radius 3 is 1.22 bits per heavy atom. The second-order valence-corrected chi connectivity index (χ2v) is 7.02. The summed E-state index contributed by atoms with van der Waals surface area (Å²) in [7, 11) is 6.30. The van der Waals surface area contributed by atoms with Gasteiger partial charge >= 0.3 is 11.9 Å². The molecule has 0 aromatic heterocycles. The van der Waals surface area contributed by atoms with Gasteiger partial charge in [-0.25, -0.2) is 0 Å². The molecule has 0 aliphatic carbocycles. The molecule has 0 atom stereocenters. The Hall–Kier alpha value is -3.42. The summed E-state index contributed by atoms with van der Waals surface area (Å²) in [6, 6.07) is 7.36. The molecule has 0 saturated carbocycles. The fourth-order valence-electron chi connectivity index (χ4n) is 3.42. The zero-order valence-corrected chi connectivity index (χ0v) is 19.4. The molecule has 0 aliphatic rings. The van der Waals surface area contributed by atoms with Crippen LogP contribution >= 0.6 is 0 Å². The lowest BCUT2D eigenvalue weighted by Gasteiger charge is -2.18. The molecule has 2 aromatic carbocycles. The third-order valence-corrected chi connectivity index (χ3v) is 4.84. The molecule has 0 aliphatic heterocycles. The van der Waals surface area contributed by atoms with Crippen molar-refractivity contribution in [3.63, 3.8) is 0 Å². The minimum absolute atomic E-state index is 0.0811.